The third-order valence-electron chi connectivity index (χ3n) is 2.67. The predicted molar refractivity (Wildman–Crippen MR) is 75.0 cm³/mol. The van der Waals surface area contributed by atoms with Gasteiger partial charge in [-0.15, -0.1) is 11.3 Å². The zero-order chi connectivity index (χ0) is 14.2. The van der Waals surface area contributed by atoms with Gasteiger partial charge in [0.15, 0.2) is 5.13 Å². The topological polar surface area (TPSA) is 76.9 Å². The van der Waals surface area contributed by atoms with Crippen molar-refractivity contribution in [2.45, 2.75) is 38.6 Å². The number of hydrogen-bond acceptors (Lipinski definition) is 5. The summed E-state index contributed by atoms with van der Waals surface area (Å²) in [7, 11) is -3.61. The molecule has 0 unspecified atom stereocenters. The minimum absolute atomic E-state index is 0.119. The number of hydrogen-bond donors (Lipinski definition) is 1. The van der Waals surface area contributed by atoms with Crippen LogP contribution >= 0.6 is 11.3 Å². The molecule has 0 aliphatic heterocycles. The number of nitrogens with one attached hydrogen (secondary N) is 1. The van der Waals surface area contributed by atoms with Crippen molar-refractivity contribution in [2.24, 2.45) is 0 Å². The summed E-state index contributed by atoms with van der Waals surface area (Å²) in [4.78, 5) is 5.30. The van der Waals surface area contributed by atoms with Gasteiger partial charge in [-0.1, -0.05) is 0 Å². The van der Waals surface area contributed by atoms with Crippen LogP contribution in [-0.2, 0) is 10.0 Å². The molecule has 0 amide bonds. The second-order valence-electron chi connectivity index (χ2n) is 4.52. The van der Waals surface area contributed by atoms with Gasteiger partial charge in [0.25, 0.3) is 10.0 Å². The van der Waals surface area contributed by atoms with Gasteiger partial charge in [-0.3, -0.25) is 9.40 Å². The average molecular weight is 300 g/mol. The van der Waals surface area contributed by atoms with Crippen molar-refractivity contribution in [3.63, 3.8) is 0 Å². The fourth-order valence-corrected chi connectivity index (χ4v) is 3.42. The smallest absolute Gasteiger partial charge is 0.266 e. The maximum Gasteiger partial charge on any atom is 0.266 e. The minimum Gasteiger partial charge on any atom is -0.269 e. The van der Waals surface area contributed by atoms with Crippen LogP contribution in [0.5, 0.6) is 0 Å². The fourth-order valence-electron chi connectivity index (χ4n) is 1.43. The molecule has 6 nitrogen and oxygen atoms in total. The number of anilines is 1. The zero-order valence-electron chi connectivity index (χ0n) is 11.2. The van der Waals surface area contributed by atoms with Crippen LogP contribution in [-0.4, -0.2) is 23.2 Å². The molecule has 0 saturated heterocycles. The molecular formula is C11H16N4O2S2. The van der Waals surface area contributed by atoms with Gasteiger partial charge < -0.3 is 0 Å². The first-order chi connectivity index (χ1) is 8.79. The van der Waals surface area contributed by atoms with Gasteiger partial charge in [0.05, 0.1) is 11.9 Å². The molecule has 0 aliphatic rings. The highest BCUT2D eigenvalue weighted by Crippen LogP contribution is 2.24. The number of aryl methyl sites for hydroxylation is 2. The second-order valence-corrected chi connectivity index (χ2v) is 7.40. The van der Waals surface area contributed by atoms with Crippen molar-refractivity contribution in [1.82, 2.24) is 14.8 Å². The molecule has 0 aromatic carbocycles. The van der Waals surface area contributed by atoms with E-state index in [9.17, 15) is 8.42 Å². The van der Waals surface area contributed by atoms with E-state index in [1.807, 2.05) is 27.7 Å². The lowest BCUT2D eigenvalue weighted by molar-refractivity contribution is 0.531. The van der Waals surface area contributed by atoms with Crippen molar-refractivity contribution in [3.05, 3.63) is 23.0 Å². The third kappa shape index (κ3) is 2.95. The predicted octanol–water partition coefficient (Wildman–Crippen LogP) is 2.34. The van der Waals surface area contributed by atoms with Crippen LogP contribution in [0.3, 0.4) is 0 Å². The normalized spacial score (nSPS) is 12.1. The molecule has 2 aromatic heterocycles. The zero-order valence-corrected chi connectivity index (χ0v) is 12.8. The molecule has 0 saturated carbocycles. The Hall–Kier alpha value is -1.41. The van der Waals surface area contributed by atoms with Crippen molar-refractivity contribution in [2.75, 3.05) is 4.72 Å². The minimum atomic E-state index is -3.61. The van der Waals surface area contributed by atoms with E-state index in [2.05, 4.69) is 14.8 Å². The van der Waals surface area contributed by atoms with Crippen LogP contribution in [0.2, 0.25) is 0 Å². The van der Waals surface area contributed by atoms with Crippen molar-refractivity contribution in [3.8, 4) is 0 Å². The van der Waals surface area contributed by atoms with E-state index in [-0.39, 0.29) is 10.9 Å². The van der Waals surface area contributed by atoms with E-state index >= 15 is 0 Å². The molecule has 0 radical (unpaired) electrons. The molecule has 19 heavy (non-hydrogen) atoms. The van der Waals surface area contributed by atoms with Gasteiger partial charge in [0, 0.05) is 17.1 Å². The van der Waals surface area contributed by atoms with Gasteiger partial charge >= 0.3 is 0 Å². The lowest BCUT2D eigenvalue weighted by Gasteiger charge is -2.04. The Balaban J connectivity index is 2.26. The molecule has 0 fully saturated rings. The third-order valence-corrected chi connectivity index (χ3v) is 5.08. The Kier molecular flexibility index (Phi) is 3.64. The highest BCUT2D eigenvalue weighted by atomic mass is 32.2. The van der Waals surface area contributed by atoms with E-state index in [0.29, 0.717) is 5.13 Å². The molecule has 0 bridgehead atoms. The summed E-state index contributed by atoms with van der Waals surface area (Å²) in [5.41, 5.74) is 0.834. The number of nitrogens with zero attached hydrogens (tertiary/aromatic N) is 3. The van der Waals surface area contributed by atoms with Crippen molar-refractivity contribution < 1.29 is 8.42 Å². The summed E-state index contributed by atoms with van der Waals surface area (Å²) >= 11 is 1.32. The molecule has 8 heteroatoms. The number of thiazole rings is 1. The first-order valence-corrected chi connectivity index (χ1v) is 8.10. The van der Waals surface area contributed by atoms with Crippen molar-refractivity contribution in [1.29, 1.82) is 0 Å². The standard InChI is InChI=1S/C11H16N4O2S2/c1-7(2)15-6-10(5-12-15)19(16,17)14-11-13-8(3)9(4)18-11/h5-7H,1-4H3,(H,13,14). The van der Waals surface area contributed by atoms with Crippen LogP contribution in [0, 0.1) is 13.8 Å². The number of rotatable bonds is 4. The Morgan fingerprint density at radius 3 is 2.53 bits per heavy atom. The Morgan fingerprint density at radius 1 is 1.37 bits per heavy atom. The fraction of sp³-hybridized carbons (Fsp3) is 0.455. The second kappa shape index (κ2) is 4.93. The summed E-state index contributed by atoms with van der Waals surface area (Å²) in [6.07, 6.45) is 2.86. The van der Waals surface area contributed by atoms with E-state index < -0.39 is 10.0 Å². The summed E-state index contributed by atoms with van der Waals surface area (Å²) in [6, 6.07) is 0.119. The van der Waals surface area contributed by atoms with E-state index in [1.54, 1.807) is 4.68 Å². The van der Waals surface area contributed by atoms with E-state index in [4.69, 9.17) is 0 Å². The van der Waals surface area contributed by atoms with Gasteiger partial charge in [0.2, 0.25) is 0 Å². The summed E-state index contributed by atoms with van der Waals surface area (Å²) in [6.45, 7) is 7.62. The lowest BCUT2D eigenvalue weighted by atomic mass is 10.4. The molecule has 104 valence electrons. The van der Waals surface area contributed by atoms with Crippen LogP contribution < -0.4 is 4.72 Å². The van der Waals surface area contributed by atoms with E-state index in [0.717, 1.165) is 10.6 Å². The Morgan fingerprint density at radius 2 is 2.05 bits per heavy atom. The summed E-state index contributed by atoms with van der Waals surface area (Å²) in [5, 5.41) is 4.41. The Bertz CT molecular complexity index is 666. The molecule has 2 heterocycles. The molecule has 2 rings (SSSR count). The van der Waals surface area contributed by atoms with Crippen LogP contribution in [0.1, 0.15) is 30.5 Å². The highest BCUT2D eigenvalue weighted by Gasteiger charge is 2.19. The largest absolute Gasteiger partial charge is 0.269 e. The average Bonchev–Trinajstić information content (AvgIpc) is 2.86. The van der Waals surface area contributed by atoms with Crippen LogP contribution in [0.4, 0.5) is 5.13 Å². The first-order valence-electron chi connectivity index (χ1n) is 5.80. The quantitative estimate of drug-likeness (QED) is 0.940. The number of aromatic nitrogens is 3. The highest BCUT2D eigenvalue weighted by molar-refractivity contribution is 7.93. The van der Waals surface area contributed by atoms with Gasteiger partial charge in [-0.2, -0.15) is 5.10 Å². The maximum atomic E-state index is 12.2. The summed E-state index contributed by atoms with van der Waals surface area (Å²) in [5.74, 6) is 0. The monoisotopic (exact) mass is 300 g/mol. The van der Waals surface area contributed by atoms with Crippen LogP contribution in [0.25, 0.3) is 0 Å². The molecule has 0 aliphatic carbocycles. The maximum absolute atomic E-state index is 12.2. The van der Waals surface area contributed by atoms with Crippen LogP contribution in [0.15, 0.2) is 17.3 Å². The molecular weight excluding hydrogens is 284 g/mol. The number of sulfonamides is 1. The van der Waals surface area contributed by atoms with Crippen molar-refractivity contribution >= 4 is 26.5 Å². The van der Waals surface area contributed by atoms with Gasteiger partial charge in [0.1, 0.15) is 4.90 Å². The van der Waals surface area contributed by atoms with Gasteiger partial charge in [-0.25, -0.2) is 13.4 Å². The molecule has 1 N–H and O–H groups in total. The molecule has 0 spiro atoms. The van der Waals surface area contributed by atoms with Gasteiger partial charge in [-0.05, 0) is 27.7 Å². The first kappa shape index (κ1) is 14.0. The molecule has 0 atom stereocenters. The lowest BCUT2D eigenvalue weighted by Crippen LogP contribution is -2.12. The SMILES string of the molecule is Cc1nc(NS(=O)(=O)c2cnn(C(C)C)c2)sc1C. The van der Waals surface area contributed by atoms with E-state index in [1.165, 1.54) is 23.7 Å². The molecule has 2 aromatic rings. The Labute approximate surface area is 116 Å². The summed E-state index contributed by atoms with van der Waals surface area (Å²) < 4.78 is 28.4.